The standard InChI is InChI=1S/C21H21N5O/c1-14-2-7-19-17(12-14)18-13-22-25-20(18)21(24-19)23-15-3-5-16(6-4-15)26-8-10-27-11-9-26/h2-7,12-13H,8-11H2,1H3,(H,22,25)(H,23,24). The first-order valence-corrected chi connectivity index (χ1v) is 9.21. The average molecular weight is 359 g/mol. The van der Waals surface area contributed by atoms with Gasteiger partial charge >= 0.3 is 0 Å². The SMILES string of the molecule is Cc1ccc2nc(Nc3ccc(N4CCOCC4)cc3)c3[nH]ncc3c2c1. The maximum absolute atomic E-state index is 5.43. The molecule has 0 unspecified atom stereocenters. The number of anilines is 3. The van der Waals surface area contributed by atoms with Crippen LogP contribution < -0.4 is 10.2 Å². The summed E-state index contributed by atoms with van der Waals surface area (Å²) in [6.45, 7) is 5.55. The number of hydrogen-bond acceptors (Lipinski definition) is 5. The minimum absolute atomic E-state index is 0.790. The molecule has 0 spiro atoms. The molecular weight excluding hydrogens is 338 g/mol. The third kappa shape index (κ3) is 2.98. The van der Waals surface area contributed by atoms with Gasteiger partial charge in [0, 0.05) is 35.2 Å². The molecule has 0 saturated carbocycles. The second-order valence-corrected chi connectivity index (χ2v) is 6.91. The Labute approximate surface area is 157 Å². The first-order valence-electron chi connectivity index (χ1n) is 9.21. The number of nitrogens with zero attached hydrogens (tertiary/aromatic N) is 3. The van der Waals surface area contributed by atoms with E-state index in [1.807, 2.05) is 6.20 Å². The Hall–Kier alpha value is -3.12. The quantitative estimate of drug-likeness (QED) is 0.579. The van der Waals surface area contributed by atoms with E-state index in [9.17, 15) is 0 Å². The number of nitrogens with one attached hydrogen (secondary N) is 2. The lowest BCUT2D eigenvalue weighted by molar-refractivity contribution is 0.122. The van der Waals surface area contributed by atoms with Crippen LogP contribution in [0.1, 0.15) is 5.56 Å². The van der Waals surface area contributed by atoms with E-state index < -0.39 is 0 Å². The molecule has 0 bridgehead atoms. The third-order valence-corrected chi connectivity index (χ3v) is 5.06. The van der Waals surface area contributed by atoms with Crippen LogP contribution in [0.4, 0.5) is 17.2 Å². The van der Waals surface area contributed by atoms with Gasteiger partial charge in [-0.1, -0.05) is 11.6 Å². The zero-order chi connectivity index (χ0) is 18.2. The highest BCUT2D eigenvalue weighted by Gasteiger charge is 2.13. The number of rotatable bonds is 3. The van der Waals surface area contributed by atoms with Gasteiger partial charge in [-0.05, 0) is 43.3 Å². The summed E-state index contributed by atoms with van der Waals surface area (Å²) in [7, 11) is 0. The van der Waals surface area contributed by atoms with Crippen LogP contribution in [0.3, 0.4) is 0 Å². The van der Waals surface area contributed by atoms with Gasteiger partial charge in [0.15, 0.2) is 5.82 Å². The van der Waals surface area contributed by atoms with Gasteiger partial charge in [-0.25, -0.2) is 4.98 Å². The van der Waals surface area contributed by atoms with Crippen molar-refractivity contribution in [3.63, 3.8) is 0 Å². The van der Waals surface area contributed by atoms with Crippen LogP contribution in [0.5, 0.6) is 0 Å². The van der Waals surface area contributed by atoms with Gasteiger partial charge in [0.25, 0.3) is 0 Å². The summed E-state index contributed by atoms with van der Waals surface area (Å²) >= 11 is 0. The molecule has 1 fully saturated rings. The van der Waals surface area contributed by atoms with E-state index in [-0.39, 0.29) is 0 Å². The number of pyridine rings is 1. The van der Waals surface area contributed by atoms with Crippen molar-refractivity contribution in [2.75, 3.05) is 36.5 Å². The predicted molar refractivity (Wildman–Crippen MR) is 109 cm³/mol. The Morgan fingerprint density at radius 1 is 1.04 bits per heavy atom. The van der Waals surface area contributed by atoms with E-state index >= 15 is 0 Å². The zero-order valence-electron chi connectivity index (χ0n) is 15.2. The normalized spacial score (nSPS) is 14.8. The molecule has 5 rings (SSSR count). The fourth-order valence-electron chi connectivity index (χ4n) is 3.61. The Balaban J connectivity index is 1.48. The first kappa shape index (κ1) is 16.1. The van der Waals surface area contributed by atoms with Gasteiger partial charge in [-0.15, -0.1) is 0 Å². The van der Waals surface area contributed by atoms with Crippen molar-refractivity contribution < 1.29 is 4.74 Å². The Kier molecular flexibility index (Phi) is 3.90. The van der Waals surface area contributed by atoms with E-state index in [1.54, 1.807) is 0 Å². The molecule has 2 aromatic heterocycles. The van der Waals surface area contributed by atoms with Crippen LogP contribution in [-0.2, 0) is 4.74 Å². The number of aromatic nitrogens is 3. The molecule has 0 atom stereocenters. The summed E-state index contributed by atoms with van der Waals surface area (Å²) in [5.41, 5.74) is 5.32. The van der Waals surface area contributed by atoms with Crippen LogP contribution in [0.25, 0.3) is 21.8 Å². The molecule has 4 aromatic rings. The number of morpholine rings is 1. The van der Waals surface area contributed by atoms with Crippen molar-refractivity contribution in [2.24, 2.45) is 0 Å². The van der Waals surface area contributed by atoms with Crippen molar-refractivity contribution in [3.05, 3.63) is 54.2 Å². The Morgan fingerprint density at radius 2 is 1.85 bits per heavy atom. The fourth-order valence-corrected chi connectivity index (χ4v) is 3.61. The third-order valence-electron chi connectivity index (χ3n) is 5.06. The summed E-state index contributed by atoms with van der Waals surface area (Å²) in [6.07, 6.45) is 1.87. The summed E-state index contributed by atoms with van der Waals surface area (Å²) in [4.78, 5) is 7.16. The molecule has 136 valence electrons. The summed E-state index contributed by atoms with van der Waals surface area (Å²) in [5, 5.41) is 13.0. The molecule has 6 heteroatoms. The van der Waals surface area contributed by atoms with E-state index in [4.69, 9.17) is 9.72 Å². The minimum Gasteiger partial charge on any atom is -0.378 e. The van der Waals surface area contributed by atoms with Crippen molar-refractivity contribution >= 4 is 39.0 Å². The largest absolute Gasteiger partial charge is 0.378 e. The molecule has 1 aliphatic heterocycles. The second-order valence-electron chi connectivity index (χ2n) is 6.91. The fraction of sp³-hybridized carbons (Fsp3) is 0.238. The Morgan fingerprint density at radius 3 is 2.67 bits per heavy atom. The molecule has 0 aliphatic carbocycles. The van der Waals surface area contributed by atoms with Gasteiger partial charge in [-0.2, -0.15) is 5.10 Å². The Bertz CT molecular complexity index is 1100. The van der Waals surface area contributed by atoms with Crippen LogP contribution in [0.15, 0.2) is 48.7 Å². The number of H-pyrrole nitrogens is 1. The predicted octanol–water partition coefficient (Wildman–Crippen LogP) is 4.00. The van der Waals surface area contributed by atoms with E-state index in [2.05, 4.69) is 69.8 Å². The molecule has 6 nitrogen and oxygen atoms in total. The van der Waals surface area contributed by atoms with Crippen molar-refractivity contribution in [1.29, 1.82) is 0 Å². The van der Waals surface area contributed by atoms with Gasteiger partial charge in [0.2, 0.25) is 0 Å². The smallest absolute Gasteiger partial charge is 0.157 e. The number of fused-ring (bicyclic) bond motifs is 3. The maximum Gasteiger partial charge on any atom is 0.157 e. The maximum atomic E-state index is 5.43. The molecule has 2 N–H and O–H groups in total. The topological polar surface area (TPSA) is 66.1 Å². The molecule has 3 heterocycles. The number of ether oxygens (including phenoxy) is 1. The number of aromatic amines is 1. The van der Waals surface area contributed by atoms with Crippen LogP contribution in [0, 0.1) is 6.92 Å². The minimum atomic E-state index is 0.790. The van der Waals surface area contributed by atoms with Crippen molar-refractivity contribution in [1.82, 2.24) is 15.2 Å². The van der Waals surface area contributed by atoms with E-state index in [0.717, 1.165) is 59.6 Å². The highest BCUT2D eigenvalue weighted by Crippen LogP contribution is 2.30. The summed E-state index contributed by atoms with van der Waals surface area (Å²) in [5.74, 6) is 0.790. The number of hydrogen-bond donors (Lipinski definition) is 2. The average Bonchev–Trinajstić information content (AvgIpc) is 3.20. The lowest BCUT2D eigenvalue weighted by Crippen LogP contribution is -2.36. The zero-order valence-corrected chi connectivity index (χ0v) is 15.2. The molecule has 0 amide bonds. The molecule has 27 heavy (non-hydrogen) atoms. The van der Waals surface area contributed by atoms with Crippen molar-refractivity contribution in [3.8, 4) is 0 Å². The van der Waals surface area contributed by atoms with E-state index in [0.29, 0.717) is 0 Å². The lowest BCUT2D eigenvalue weighted by atomic mass is 10.1. The highest BCUT2D eigenvalue weighted by atomic mass is 16.5. The monoisotopic (exact) mass is 359 g/mol. The molecule has 1 saturated heterocycles. The van der Waals surface area contributed by atoms with Crippen LogP contribution in [-0.4, -0.2) is 41.5 Å². The van der Waals surface area contributed by atoms with Gasteiger partial charge in [0.05, 0.1) is 24.9 Å². The van der Waals surface area contributed by atoms with Gasteiger partial charge in [-0.3, -0.25) is 5.10 Å². The van der Waals surface area contributed by atoms with Gasteiger partial charge in [0.1, 0.15) is 5.52 Å². The molecular formula is C21H21N5O. The molecule has 0 radical (unpaired) electrons. The number of aryl methyl sites for hydroxylation is 1. The lowest BCUT2D eigenvalue weighted by Gasteiger charge is -2.28. The number of benzene rings is 2. The van der Waals surface area contributed by atoms with Crippen LogP contribution >= 0.6 is 0 Å². The molecule has 2 aromatic carbocycles. The van der Waals surface area contributed by atoms with E-state index in [1.165, 1.54) is 11.3 Å². The summed E-state index contributed by atoms with van der Waals surface area (Å²) < 4.78 is 5.43. The second kappa shape index (κ2) is 6.55. The first-order chi connectivity index (χ1) is 13.3. The van der Waals surface area contributed by atoms with Crippen molar-refractivity contribution in [2.45, 2.75) is 6.92 Å². The van der Waals surface area contributed by atoms with Crippen LogP contribution in [0.2, 0.25) is 0 Å². The summed E-state index contributed by atoms with van der Waals surface area (Å²) in [6, 6.07) is 14.8. The molecule has 1 aliphatic rings. The highest BCUT2D eigenvalue weighted by molar-refractivity contribution is 6.08. The van der Waals surface area contributed by atoms with Gasteiger partial charge < -0.3 is 15.0 Å².